The second kappa shape index (κ2) is 5.24. The molecule has 7 heteroatoms. The van der Waals surface area contributed by atoms with Crippen molar-refractivity contribution in [1.29, 1.82) is 0 Å². The molecule has 1 aromatic rings. The molecule has 0 radical (unpaired) electrons. The fourth-order valence-corrected chi connectivity index (χ4v) is 3.96. The first-order valence-electron chi connectivity index (χ1n) is 7.07. The molecule has 4 unspecified atom stereocenters. The SMILES string of the molecule is CN(C)S(=O)(=O)c1ccc(NC2C(N)C3CCOC32)cc1. The monoisotopic (exact) mass is 311 g/mol. The van der Waals surface area contributed by atoms with Crippen LogP contribution in [-0.2, 0) is 14.8 Å². The molecule has 6 nitrogen and oxygen atoms in total. The van der Waals surface area contributed by atoms with Gasteiger partial charge in [-0.15, -0.1) is 0 Å². The van der Waals surface area contributed by atoms with Gasteiger partial charge in [0.2, 0.25) is 10.0 Å². The lowest BCUT2D eigenvalue weighted by molar-refractivity contribution is 0.00537. The van der Waals surface area contributed by atoms with Crippen LogP contribution in [0.4, 0.5) is 5.69 Å². The summed E-state index contributed by atoms with van der Waals surface area (Å²) in [5.41, 5.74) is 7.01. The number of hydrogen-bond donors (Lipinski definition) is 2. The normalized spacial score (nSPS) is 31.8. The van der Waals surface area contributed by atoms with Crippen molar-refractivity contribution in [2.24, 2.45) is 11.7 Å². The van der Waals surface area contributed by atoms with E-state index in [1.54, 1.807) is 24.3 Å². The maximum absolute atomic E-state index is 12.0. The zero-order chi connectivity index (χ0) is 15.2. The Morgan fingerprint density at radius 2 is 1.95 bits per heavy atom. The number of rotatable bonds is 4. The van der Waals surface area contributed by atoms with Crippen molar-refractivity contribution in [3.8, 4) is 0 Å². The van der Waals surface area contributed by atoms with Gasteiger partial charge in [0.25, 0.3) is 0 Å². The molecule has 116 valence electrons. The van der Waals surface area contributed by atoms with Crippen molar-refractivity contribution >= 4 is 15.7 Å². The van der Waals surface area contributed by atoms with Gasteiger partial charge in [-0.25, -0.2) is 12.7 Å². The molecular formula is C14H21N3O3S. The highest BCUT2D eigenvalue weighted by Gasteiger charge is 2.52. The second-order valence-corrected chi connectivity index (χ2v) is 8.00. The fourth-order valence-electron chi connectivity index (χ4n) is 3.05. The Balaban J connectivity index is 1.71. The molecule has 2 aliphatic rings. The van der Waals surface area contributed by atoms with Crippen LogP contribution in [0.25, 0.3) is 0 Å². The zero-order valence-electron chi connectivity index (χ0n) is 12.2. The summed E-state index contributed by atoms with van der Waals surface area (Å²) < 4.78 is 30.9. The van der Waals surface area contributed by atoms with Gasteiger partial charge in [-0.2, -0.15) is 0 Å². The van der Waals surface area contributed by atoms with Gasteiger partial charge < -0.3 is 15.8 Å². The number of fused-ring (bicyclic) bond motifs is 1. The summed E-state index contributed by atoms with van der Waals surface area (Å²) in [5.74, 6) is 0.455. The average Bonchev–Trinajstić information content (AvgIpc) is 2.90. The van der Waals surface area contributed by atoms with Crippen molar-refractivity contribution in [1.82, 2.24) is 4.31 Å². The smallest absolute Gasteiger partial charge is 0.242 e. The number of nitrogens with two attached hydrogens (primary N) is 1. The number of sulfonamides is 1. The van der Waals surface area contributed by atoms with Gasteiger partial charge in [-0.05, 0) is 30.7 Å². The number of nitrogens with one attached hydrogen (secondary N) is 1. The van der Waals surface area contributed by atoms with E-state index in [1.165, 1.54) is 18.4 Å². The van der Waals surface area contributed by atoms with Gasteiger partial charge in [0.1, 0.15) is 0 Å². The topological polar surface area (TPSA) is 84.7 Å². The minimum absolute atomic E-state index is 0.0997. The number of anilines is 1. The second-order valence-electron chi connectivity index (χ2n) is 5.85. The molecular weight excluding hydrogens is 290 g/mol. The quantitative estimate of drug-likeness (QED) is 0.844. The molecule has 1 saturated carbocycles. The van der Waals surface area contributed by atoms with E-state index >= 15 is 0 Å². The third-order valence-electron chi connectivity index (χ3n) is 4.41. The average molecular weight is 311 g/mol. The van der Waals surface area contributed by atoms with Crippen LogP contribution >= 0.6 is 0 Å². The lowest BCUT2D eigenvalue weighted by Gasteiger charge is -2.46. The molecule has 1 aliphatic carbocycles. The van der Waals surface area contributed by atoms with Gasteiger partial charge in [0.15, 0.2) is 0 Å². The Bertz CT molecular complexity index is 615. The molecule has 2 fully saturated rings. The molecule has 3 N–H and O–H groups in total. The third kappa shape index (κ3) is 2.44. The highest BCUT2D eigenvalue weighted by atomic mass is 32.2. The molecule has 1 aromatic carbocycles. The minimum Gasteiger partial charge on any atom is -0.378 e. The lowest BCUT2D eigenvalue weighted by Crippen LogP contribution is -2.65. The molecule has 0 aromatic heterocycles. The van der Waals surface area contributed by atoms with Crippen LogP contribution in [0.2, 0.25) is 0 Å². The fraction of sp³-hybridized carbons (Fsp3) is 0.571. The van der Waals surface area contributed by atoms with E-state index in [0.29, 0.717) is 5.92 Å². The van der Waals surface area contributed by atoms with Gasteiger partial charge in [0, 0.05) is 38.3 Å². The first-order valence-corrected chi connectivity index (χ1v) is 8.51. The Hall–Kier alpha value is -1.15. The van der Waals surface area contributed by atoms with E-state index in [4.69, 9.17) is 10.5 Å². The van der Waals surface area contributed by atoms with E-state index in [0.717, 1.165) is 18.7 Å². The Morgan fingerprint density at radius 3 is 2.57 bits per heavy atom. The molecule has 21 heavy (non-hydrogen) atoms. The van der Waals surface area contributed by atoms with Crippen LogP contribution in [-0.4, -0.2) is 51.6 Å². The minimum atomic E-state index is -3.38. The number of hydrogen-bond acceptors (Lipinski definition) is 5. The highest BCUT2D eigenvalue weighted by molar-refractivity contribution is 7.89. The largest absolute Gasteiger partial charge is 0.378 e. The molecule has 0 amide bonds. The highest BCUT2D eigenvalue weighted by Crippen LogP contribution is 2.39. The molecule has 3 rings (SSSR count). The van der Waals surface area contributed by atoms with E-state index in [-0.39, 0.29) is 23.1 Å². The van der Waals surface area contributed by atoms with Gasteiger partial charge >= 0.3 is 0 Å². The third-order valence-corrected chi connectivity index (χ3v) is 6.24. The summed E-state index contributed by atoms with van der Waals surface area (Å²) in [7, 11) is -0.342. The maximum Gasteiger partial charge on any atom is 0.242 e. The molecule has 0 bridgehead atoms. The zero-order valence-corrected chi connectivity index (χ0v) is 13.0. The first kappa shape index (κ1) is 14.8. The van der Waals surface area contributed by atoms with Crippen LogP contribution in [0.1, 0.15) is 6.42 Å². The van der Waals surface area contributed by atoms with Crippen LogP contribution in [0.15, 0.2) is 29.2 Å². The Labute approximate surface area is 125 Å². The molecule has 1 saturated heterocycles. The number of benzene rings is 1. The van der Waals surface area contributed by atoms with Crippen LogP contribution < -0.4 is 11.1 Å². The summed E-state index contributed by atoms with van der Waals surface area (Å²) in [4.78, 5) is 0.283. The van der Waals surface area contributed by atoms with Crippen LogP contribution in [0, 0.1) is 5.92 Å². The summed E-state index contributed by atoms with van der Waals surface area (Å²) in [6.07, 6.45) is 1.22. The number of ether oxygens (including phenoxy) is 1. The van der Waals surface area contributed by atoms with E-state index in [2.05, 4.69) is 5.32 Å². The summed E-state index contributed by atoms with van der Waals surface area (Å²) in [5, 5.41) is 3.35. The van der Waals surface area contributed by atoms with Crippen LogP contribution in [0.5, 0.6) is 0 Å². The standard InChI is InChI=1S/C14H21N3O3S/c1-17(2)21(18,19)10-5-3-9(4-6-10)16-13-12(15)11-7-8-20-14(11)13/h3-6,11-14,16H,7-8,15H2,1-2H3. The maximum atomic E-state index is 12.0. The van der Waals surface area contributed by atoms with Gasteiger partial charge in [0.05, 0.1) is 17.0 Å². The van der Waals surface area contributed by atoms with E-state index in [9.17, 15) is 8.42 Å². The predicted molar refractivity (Wildman–Crippen MR) is 80.5 cm³/mol. The first-order chi connectivity index (χ1) is 9.91. The molecule has 1 heterocycles. The van der Waals surface area contributed by atoms with E-state index in [1.807, 2.05) is 0 Å². The van der Waals surface area contributed by atoms with Crippen molar-refractivity contribution in [2.45, 2.75) is 29.5 Å². The van der Waals surface area contributed by atoms with E-state index < -0.39 is 10.0 Å². The van der Waals surface area contributed by atoms with Gasteiger partial charge in [-0.1, -0.05) is 0 Å². The predicted octanol–water partition coefficient (Wildman–Crippen LogP) is 0.463. The molecule has 0 spiro atoms. The molecule has 1 aliphatic heterocycles. The summed E-state index contributed by atoms with van der Waals surface area (Å²) >= 11 is 0. The van der Waals surface area contributed by atoms with Crippen molar-refractivity contribution < 1.29 is 13.2 Å². The van der Waals surface area contributed by atoms with Crippen molar-refractivity contribution in [3.63, 3.8) is 0 Å². The summed E-state index contributed by atoms with van der Waals surface area (Å²) in [6.45, 7) is 0.779. The van der Waals surface area contributed by atoms with Gasteiger partial charge in [-0.3, -0.25) is 0 Å². The summed E-state index contributed by atoms with van der Waals surface area (Å²) in [6, 6.07) is 6.96. The lowest BCUT2D eigenvalue weighted by atomic mass is 9.72. The van der Waals surface area contributed by atoms with Crippen LogP contribution in [0.3, 0.4) is 0 Å². The van der Waals surface area contributed by atoms with Crippen molar-refractivity contribution in [2.75, 3.05) is 26.0 Å². The Morgan fingerprint density at radius 1 is 1.29 bits per heavy atom. The van der Waals surface area contributed by atoms with Crippen molar-refractivity contribution in [3.05, 3.63) is 24.3 Å². The molecule has 4 atom stereocenters. The number of nitrogens with zero attached hydrogens (tertiary/aromatic N) is 1. The Kier molecular flexibility index (Phi) is 3.69.